The van der Waals surface area contributed by atoms with Gasteiger partial charge in [-0.3, -0.25) is 4.98 Å². The van der Waals surface area contributed by atoms with E-state index in [1.165, 1.54) is 0 Å². The van der Waals surface area contributed by atoms with Gasteiger partial charge in [0.15, 0.2) is 5.69 Å². The van der Waals surface area contributed by atoms with Crippen molar-refractivity contribution in [1.82, 2.24) is 14.5 Å². The molecule has 0 unspecified atom stereocenters. The molecule has 3 heterocycles. The van der Waals surface area contributed by atoms with E-state index in [9.17, 15) is 4.79 Å². The van der Waals surface area contributed by atoms with Crippen molar-refractivity contribution in [2.24, 2.45) is 0 Å². The van der Waals surface area contributed by atoms with E-state index >= 15 is 0 Å². The number of carboxylic acids is 1. The van der Waals surface area contributed by atoms with Crippen LogP contribution in [0.5, 0.6) is 0 Å². The highest BCUT2D eigenvalue weighted by Crippen LogP contribution is 2.27. The molecule has 0 radical (unpaired) electrons. The molecule has 2 aromatic rings. The average Bonchev–Trinajstić information content (AvgIpc) is 2.90. The Morgan fingerprint density at radius 3 is 2.82 bits per heavy atom. The van der Waals surface area contributed by atoms with Crippen LogP contribution in [0.2, 0.25) is 0 Å². The van der Waals surface area contributed by atoms with Crippen LogP contribution >= 0.6 is 0 Å². The van der Waals surface area contributed by atoms with Gasteiger partial charge in [0.2, 0.25) is 0 Å². The molecule has 0 bridgehead atoms. The molecule has 1 aliphatic heterocycles. The number of rotatable bonds is 2. The van der Waals surface area contributed by atoms with E-state index < -0.39 is 5.97 Å². The number of aromatic carboxylic acids is 1. The standard InChI is InChI=1S/C12H11N3O2/c16-12(17)10-9-2-1-7-15(9)11(14-10)8-3-5-13-6-4-8/h3-6H,1-2,7H2,(H,16,17). The predicted octanol–water partition coefficient (Wildman–Crippen LogP) is 1.59. The molecule has 0 atom stereocenters. The Kier molecular flexibility index (Phi) is 2.18. The van der Waals surface area contributed by atoms with Gasteiger partial charge in [-0.15, -0.1) is 0 Å². The molecular formula is C12H11N3O2. The van der Waals surface area contributed by atoms with Crippen molar-refractivity contribution in [3.05, 3.63) is 35.9 Å². The molecule has 1 N–H and O–H groups in total. The van der Waals surface area contributed by atoms with Crippen LogP contribution < -0.4 is 0 Å². The third-order valence-electron chi connectivity index (χ3n) is 3.01. The largest absolute Gasteiger partial charge is 0.476 e. The fourth-order valence-corrected chi connectivity index (χ4v) is 2.28. The zero-order valence-corrected chi connectivity index (χ0v) is 9.13. The van der Waals surface area contributed by atoms with Crippen LogP contribution in [0.25, 0.3) is 11.4 Å². The topological polar surface area (TPSA) is 68.0 Å². The maximum atomic E-state index is 11.1. The minimum atomic E-state index is -0.948. The zero-order chi connectivity index (χ0) is 11.8. The molecule has 0 fully saturated rings. The molecule has 5 heteroatoms. The van der Waals surface area contributed by atoms with Crippen LogP contribution in [0.1, 0.15) is 22.6 Å². The summed E-state index contributed by atoms with van der Waals surface area (Å²) in [6.45, 7) is 0.841. The first-order chi connectivity index (χ1) is 8.27. The Morgan fingerprint density at radius 1 is 1.35 bits per heavy atom. The predicted molar refractivity (Wildman–Crippen MR) is 60.7 cm³/mol. The van der Waals surface area contributed by atoms with Crippen LogP contribution in [-0.2, 0) is 13.0 Å². The van der Waals surface area contributed by atoms with Crippen molar-refractivity contribution in [3.8, 4) is 11.4 Å². The number of carbonyl (C=O) groups is 1. The Hall–Kier alpha value is -2.17. The van der Waals surface area contributed by atoms with E-state index in [0.717, 1.165) is 36.5 Å². The summed E-state index contributed by atoms with van der Waals surface area (Å²) in [6.07, 6.45) is 5.15. The van der Waals surface area contributed by atoms with Gasteiger partial charge in [-0.1, -0.05) is 0 Å². The van der Waals surface area contributed by atoms with Gasteiger partial charge < -0.3 is 9.67 Å². The number of hydrogen-bond acceptors (Lipinski definition) is 3. The van der Waals surface area contributed by atoms with Crippen molar-refractivity contribution in [1.29, 1.82) is 0 Å². The van der Waals surface area contributed by atoms with Gasteiger partial charge in [-0.05, 0) is 25.0 Å². The number of hydrogen-bond donors (Lipinski definition) is 1. The van der Waals surface area contributed by atoms with Crippen molar-refractivity contribution >= 4 is 5.97 Å². The number of aromatic nitrogens is 3. The van der Waals surface area contributed by atoms with E-state index in [1.54, 1.807) is 12.4 Å². The molecule has 0 amide bonds. The second-order valence-electron chi connectivity index (χ2n) is 4.03. The molecule has 0 saturated heterocycles. The number of nitrogens with zero attached hydrogens (tertiary/aromatic N) is 3. The number of imidazole rings is 1. The van der Waals surface area contributed by atoms with E-state index in [2.05, 4.69) is 9.97 Å². The van der Waals surface area contributed by atoms with Crippen molar-refractivity contribution in [2.45, 2.75) is 19.4 Å². The molecule has 2 aromatic heterocycles. The number of carboxylic acid groups (broad SMARTS) is 1. The maximum absolute atomic E-state index is 11.1. The second-order valence-corrected chi connectivity index (χ2v) is 4.03. The van der Waals surface area contributed by atoms with Gasteiger partial charge in [-0.25, -0.2) is 9.78 Å². The monoisotopic (exact) mass is 229 g/mol. The maximum Gasteiger partial charge on any atom is 0.356 e. The van der Waals surface area contributed by atoms with Crippen LogP contribution in [0.4, 0.5) is 0 Å². The normalized spacial score (nSPS) is 13.6. The van der Waals surface area contributed by atoms with Gasteiger partial charge in [0.05, 0.1) is 5.69 Å². The highest BCUT2D eigenvalue weighted by molar-refractivity contribution is 5.88. The van der Waals surface area contributed by atoms with Crippen LogP contribution in [0.15, 0.2) is 24.5 Å². The van der Waals surface area contributed by atoms with Crippen LogP contribution in [0, 0.1) is 0 Å². The molecule has 0 saturated carbocycles. The fraction of sp³-hybridized carbons (Fsp3) is 0.250. The minimum absolute atomic E-state index is 0.189. The summed E-state index contributed by atoms with van der Waals surface area (Å²) in [5.41, 5.74) is 1.94. The number of fused-ring (bicyclic) bond motifs is 1. The van der Waals surface area contributed by atoms with Gasteiger partial charge in [0.25, 0.3) is 0 Å². The second kappa shape index (κ2) is 3.69. The van der Waals surface area contributed by atoms with Crippen LogP contribution in [-0.4, -0.2) is 25.6 Å². The Morgan fingerprint density at radius 2 is 2.12 bits per heavy atom. The molecule has 3 rings (SSSR count). The molecule has 5 nitrogen and oxygen atoms in total. The summed E-state index contributed by atoms with van der Waals surface area (Å²) in [4.78, 5) is 19.3. The lowest BCUT2D eigenvalue weighted by Crippen LogP contribution is -2.00. The smallest absolute Gasteiger partial charge is 0.356 e. The van der Waals surface area contributed by atoms with E-state index in [-0.39, 0.29) is 5.69 Å². The zero-order valence-electron chi connectivity index (χ0n) is 9.13. The summed E-state index contributed by atoms with van der Waals surface area (Å²) in [5, 5.41) is 9.12. The fourth-order valence-electron chi connectivity index (χ4n) is 2.28. The Balaban J connectivity index is 2.19. The summed E-state index contributed by atoms with van der Waals surface area (Å²) >= 11 is 0. The highest BCUT2D eigenvalue weighted by Gasteiger charge is 2.25. The summed E-state index contributed by atoms with van der Waals surface area (Å²) in [7, 11) is 0. The molecule has 1 aliphatic rings. The first-order valence-corrected chi connectivity index (χ1v) is 5.50. The first kappa shape index (κ1) is 10.0. The van der Waals surface area contributed by atoms with E-state index in [1.807, 2.05) is 16.7 Å². The molecule has 0 spiro atoms. The van der Waals surface area contributed by atoms with Crippen LogP contribution in [0.3, 0.4) is 0 Å². The SMILES string of the molecule is O=C(O)c1nc(-c2ccncc2)n2c1CCC2. The average molecular weight is 229 g/mol. The van der Waals surface area contributed by atoms with Gasteiger partial charge in [-0.2, -0.15) is 0 Å². The summed E-state index contributed by atoms with van der Waals surface area (Å²) in [5.74, 6) is -0.215. The van der Waals surface area contributed by atoms with Crippen molar-refractivity contribution in [3.63, 3.8) is 0 Å². The molecule has 0 aromatic carbocycles. The first-order valence-electron chi connectivity index (χ1n) is 5.50. The molecular weight excluding hydrogens is 218 g/mol. The lowest BCUT2D eigenvalue weighted by atomic mass is 10.2. The summed E-state index contributed by atoms with van der Waals surface area (Å²) < 4.78 is 2.00. The van der Waals surface area contributed by atoms with E-state index in [4.69, 9.17) is 5.11 Å². The van der Waals surface area contributed by atoms with Crippen molar-refractivity contribution in [2.75, 3.05) is 0 Å². The lowest BCUT2D eigenvalue weighted by molar-refractivity contribution is 0.0690. The molecule has 0 aliphatic carbocycles. The Bertz CT molecular complexity index is 575. The third kappa shape index (κ3) is 1.51. The lowest BCUT2D eigenvalue weighted by Gasteiger charge is -2.02. The number of pyridine rings is 1. The highest BCUT2D eigenvalue weighted by atomic mass is 16.4. The van der Waals surface area contributed by atoms with E-state index in [0.29, 0.717) is 0 Å². The van der Waals surface area contributed by atoms with Crippen molar-refractivity contribution < 1.29 is 9.90 Å². The Labute approximate surface area is 97.8 Å². The van der Waals surface area contributed by atoms with Gasteiger partial charge in [0, 0.05) is 24.5 Å². The van der Waals surface area contributed by atoms with Gasteiger partial charge >= 0.3 is 5.97 Å². The van der Waals surface area contributed by atoms with Gasteiger partial charge in [0.1, 0.15) is 5.82 Å². The molecule has 17 heavy (non-hydrogen) atoms. The summed E-state index contributed by atoms with van der Waals surface area (Å²) in [6, 6.07) is 3.69. The minimum Gasteiger partial charge on any atom is -0.476 e. The molecule has 86 valence electrons. The third-order valence-corrected chi connectivity index (χ3v) is 3.01. The quantitative estimate of drug-likeness (QED) is 0.849.